The Morgan fingerprint density at radius 2 is 1.71 bits per heavy atom. The molecule has 31 heavy (non-hydrogen) atoms. The summed E-state index contributed by atoms with van der Waals surface area (Å²) in [6, 6.07) is 17.3. The SMILES string of the molecule is C[C@@H](NC(=O)CCCCCN1C(=O)[C@@H]2Cc3ccccc3CN2C1=O)c1ccccc1. The maximum Gasteiger partial charge on any atom is 0.327 e. The van der Waals surface area contributed by atoms with Crippen molar-refractivity contribution in [2.45, 2.75) is 57.7 Å². The van der Waals surface area contributed by atoms with Gasteiger partial charge in [0.05, 0.1) is 6.04 Å². The highest BCUT2D eigenvalue weighted by molar-refractivity contribution is 6.04. The monoisotopic (exact) mass is 419 g/mol. The van der Waals surface area contributed by atoms with E-state index in [2.05, 4.69) is 5.32 Å². The first kappa shape index (κ1) is 21.1. The number of urea groups is 1. The summed E-state index contributed by atoms with van der Waals surface area (Å²) >= 11 is 0. The van der Waals surface area contributed by atoms with E-state index in [-0.39, 0.29) is 29.9 Å². The predicted molar refractivity (Wildman–Crippen MR) is 118 cm³/mol. The lowest BCUT2D eigenvalue weighted by Crippen LogP contribution is -2.39. The van der Waals surface area contributed by atoms with Crippen LogP contribution in [0.5, 0.6) is 0 Å². The fourth-order valence-electron chi connectivity index (χ4n) is 4.45. The lowest BCUT2D eigenvalue weighted by Gasteiger charge is -2.28. The van der Waals surface area contributed by atoms with Crippen molar-refractivity contribution < 1.29 is 14.4 Å². The molecule has 0 bridgehead atoms. The minimum absolute atomic E-state index is 0.0185. The summed E-state index contributed by atoms with van der Waals surface area (Å²) in [7, 11) is 0. The third-order valence-electron chi connectivity index (χ3n) is 6.24. The second-order valence-corrected chi connectivity index (χ2v) is 8.40. The summed E-state index contributed by atoms with van der Waals surface area (Å²) < 4.78 is 0. The number of carbonyl (C=O) groups is 3. The minimum Gasteiger partial charge on any atom is -0.350 e. The standard InChI is InChI=1S/C25H29N3O3/c1-18(19-10-4-2-5-11-19)26-23(29)14-6-3-9-15-27-24(30)22-16-20-12-7-8-13-21(20)17-28(22)25(27)31/h2,4-5,7-8,10-13,18,22H,3,6,9,14-17H2,1H3,(H,26,29)/t18-,22+/m1/s1. The van der Waals surface area contributed by atoms with Crippen molar-refractivity contribution in [2.75, 3.05) is 6.54 Å². The number of amides is 4. The van der Waals surface area contributed by atoms with Gasteiger partial charge in [-0.3, -0.25) is 14.5 Å². The molecule has 162 valence electrons. The number of imide groups is 1. The van der Waals surface area contributed by atoms with Gasteiger partial charge in [0.15, 0.2) is 0 Å². The Morgan fingerprint density at radius 1 is 1.00 bits per heavy atom. The van der Waals surface area contributed by atoms with Crippen LogP contribution in [0.2, 0.25) is 0 Å². The molecule has 0 aliphatic carbocycles. The second-order valence-electron chi connectivity index (χ2n) is 8.40. The number of rotatable bonds is 8. The Balaban J connectivity index is 1.20. The van der Waals surface area contributed by atoms with Crippen LogP contribution < -0.4 is 5.32 Å². The van der Waals surface area contributed by atoms with Crippen molar-refractivity contribution in [1.29, 1.82) is 0 Å². The third-order valence-corrected chi connectivity index (χ3v) is 6.24. The van der Waals surface area contributed by atoms with Crippen molar-refractivity contribution in [1.82, 2.24) is 15.1 Å². The van der Waals surface area contributed by atoms with Gasteiger partial charge in [0.25, 0.3) is 5.91 Å². The van der Waals surface area contributed by atoms with Crippen LogP contribution in [0.4, 0.5) is 4.79 Å². The van der Waals surface area contributed by atoms with E-state index in [9.17, 15) is 14.4 Å². The molecule has 1 fully saturated rings. The number of unbranched alkanes of at least 4 members (excludes halogenated alkanes) is 2. The van der Waals surface area contributed by atoms with Gasteiger partial charge in [0, 0.05) is 25.9 Å². The first-order chi connectivity index (χ1) is 15.0. The van der Waals surface area contributed by atoms with Gasteiger partial charge in [0.2, 0.25) is 5.91 Å². The molecule has 0 saturated carbocycles. The topological polar surface area (TPSA) is 69.7 Å². The van der Waals surface area contributed by atoms with E-state index in [1.165, 1.54) is 4.90 Å². The average Bonchev–Trinajstić information content (AvgIpc) is 3.02. The minimum atomic E-state index is -0.368. The molecule has 0 aromatic heterocycles. The quantitative estimate of drug-likeness (QED) is 0.522. The number of nitrogens with zero attached hydrogens (tertiary/aromatic N) is 2. The van der Waals surface area contributed by atoms with E-state index in [0.717, 1.165) is 29.5 Å². The van der Waals surface area contributed by atoms with E-state index in [1.54, 1.807) is 4.90 Å². The molecule has 2 aliphatic heterocycles. The highest BCUT2D eigenvalue weighted by Crippen LogP contribution is 2.30. The third kappa shape index (κ3) is 4.63. The summed E-state index contributed by atoms with van der Waals surface area (Å²) in [5.74, 6) is -0.0616. The number of carbonyl (C=O) groups excluding carboxylic acids is 3. The second kappa shape index (κ2) is 9.33. The van der Waals surface area contributed by atoms with Crippen LogP contribution in [0, 0.1) is 0 Å². The van der Waals surface area contributed by atoms with Crippen molar-refractivity contribution in [3.05, 3.63) is 71.3 Å². The van der Waals surface area contributed by atoms with Crippen LogP contribution >= 0.6 is 0 Å². The largest absolute Gasteiger partial charge is 0.350 e. The summed E-state index contributed by atoms with van der Waals surface area (Å²) in [5, 5.41) is 3.02. The Hall–Kier alpha value is -3.15. The van der Waals surface area contributed by atoms with Crippen LogP contribution in [-0.4, -0.2) is 40.2 Å². The molecule has 2 aromatic rings. The van der Waals surface area contributed by atoms with E-state index >= 15 is 0 Å². The first-order valence-electron chi connectivity index (χ1n) is 11.1. The van der Waals surface area contributed by atoms with Gasteiger partial charge in [0.1, 0.15) is 6.04 Å². The summed E-state index contributed by atoms with van der Waals surface area (Å²) in [6.07, 6.45) is 3.30. The maximum absolute atomic E-state index is 12.8. The lowest BCUT2D eigenvalue weighted by molar-refractivity contribution is -0.128. The number of hydrogen-bond acceptors (Lipinski definition) is 3. The van der Waals surface area contributed by atoms with Crippen molar-refractivity contribution >= 4 is 17.8 Å². The fraction of sp³-hybridized carbons (Fsp3) is 0.400. The molecule has 4 rings (SSSR count). The van der Waals surface area contributed by atoms with E-state index in [1.807, 2.05) is 61.5 Å². The molecule has 2 aromatic carbocycles. The molecule has 2 atom stereocenters. The fourth-order valence-corrected chi connectivity index (χ4v) is 4.45. The Bertz CT molecular complexity index is 916. The number of nitrogens with one attached hydrogen (secondary N) is 1. The smallest absolute Gasteiger partial charge is 0.327 e. The molecule has 2 aliphatic rings. The van der Waals surface area contributed by atoms with E-state index in [0.29, 0.717) is 32.4 Å². The van der Waals surface area contributed by atoms with Crippen LogP contribution in [0.15, 0.2) is 54.6 Å². The molecule has 2 heterocycles. The van der Waals surface area contributed by atoms with Gasteiger partial charge < -0.3 is 10.2 Å². The van der Waals surface area contributed by atoms with Gasteiger partial charge in [-0.05, 0) is 36.5 Å². The number of benzene rings is 2. The molecule has 0 unspecified atom stereocenters. The van der Waals surface area contributed by atoms with E-state index in [4.69, 9.17) is 0 Å². The summed E-state index contributed by atoms with van der Waals surface area (Å²) in [4.78, 5) is 40.8. The molecule has 1 N–H and O–H groups in total. The molecule has 6 heteroatoms. The highest BCUT2D eigenvalue weighted by atomic mass is 16.2. The van der Waals surface area contributed by atoms with Crippen LogP contribution in [-0.2, 0) is 22.6 Å². The maximum atomic E-state index is 12.8. The zero-order chi connectivity index (χ0) is 21.8. The number of fused-ring (bicyclic) bond motifs is 2. The van der Waals surface area contributed by atoms with Crippen molar-refractivity contribution in [3.8, 4) is 0 Å². The number of hydrogen-bond donors (Lipinski definition) is 1. The molecule has 0 spiro atoms. The van der Waals surface area contributed by atoms with Gasteiger partial charge in [-0.2, -0.15) is 0 Å². The zero-order valence-corrected chi connectivity index (χ0v) is 17.9. The summed E-state index contributed by atoms with van der Waals surface area (Å²) in [6.45, 7) is 2.90. The Morgan fingerprint density at radius 3 is 2.48 bits per heavy atom. The average molecular weight is 420 g/mol. The molecular weight excluding hydrogens is 390 g/mol. The van der Waals surface area contributed by atoms with E-state index < -0.39 is 0 Å². The van der Waals surface area contributed by atoms with Crippen molar-refractivity contribution in [2.24, 2.45) is 0 Å². The molecular formula is C25H29N3O3. The van der Waals surface area contributed by atoms with Crippen LogP contribution in [0.1, 0.15) is 55.3 Å². The van der Waals surface area contributed by atoms with Gasteiger partial charge >= 0.3 is 6.03 Å². The van der Waals surface area contributed by atoms with Crippen LogP contribution in [0.3, 0.4) is 0 Å². The van der Waals surface area contributed by atoms with Gasteiger partial charge in [-0.1, -0.05) is 61.0 Å². The highest BCUT2D eigenvalue weighted by Gasteiger charge is 2.46. The molecule has 0 radical (unpaired) electrons. The zero-order valence-electron chi connectivity index (χ0n) is 17.9. The Kier molecular flexibility index (Phi) is 6.35. The summed E-state index contributed by atoms with van der Waals surface area (Å²) in [5.41, 5.74) is 3.36. The van der Waals surface area contributed by atoms with Gasteiger partial charge in [-0.25, -0.2) is 4.79 Å². The van der Waals surface area contributed by atoms with Gasteiger partial charge in [-0.15, -0.1) is 0 Å². The van der Waals surface area contributed by atoms with Crippen LogP contribution in [0.25, 0.3) is 0 Å². The first-order valence-corrected chi connectivity index (χ1v) is 11.1. The Labute approximate surface area is 183 Å². The van der Waals surface area contributed by atoms with Crippen molar-refractivity contribution in [3.63, 3.8) is 0 Å². The predicted octanol–water partition coefficient (Wildman–Crippen LogP) is 3.81. The lowest BCUT2D eigenvalue weighted by atomic mass is 9.95. The molecule has 6 nitrogen and oxygen atoms in total. The normalized spacial score (nSPS) is 18.5. The molecule has 1 saturated heterocycles. The molecule has 4 amide bonds.